The molecule has 0 fully saturated rings. The summed E-state index contributed by atoms with van der Waals surface area (Å²) in [6.45, 7) is -1.69. The summed E-state index contributed by atoms with van der Waals surface area (Å²) >= 11 is 0. The second-order valence-corrected chi connectivity index (χ2v) is 5.99. The molecule has 15 heteroatoms. The van der Waals surface area contributed by atoms with Crippen LogP contribution in [0.25, 0.3) is 0 Å². The molecule has 0 spiro atoms. The highest BCUT2D eigenvalue weighted by Crippen LogP contribution is 2.53. The van der Waals surface area contributed by atoms with E-state index in [2.05, 4.69) is 4.31 Å². The highest BCUT2D eigenvalue weighted by molar-refractivity contribution is 7.60. The van der Waals surface area contributed by atoms with Gasteiger partial charge >= 0.3 is 15.6 Å². The summed E-state index contributed by atoms with van der Waals surface area (Å²) in [6.07, 6.45) is -5.22. The van der Waals surface area contributed by atoms with Gasteiger partial charge in [0, 0.05) is 0 Å². The predicted molar refractivity (Wildman–Crippen MR) is 62.4 cm³/mol. The van der Waals surface area contributed by atoms with E-state index in [9.17, 15) is 13.9 Å². The van der Waals surface area contributed by atoms with Crippen LogP contribution in [0, 0.1) is 0 Å². The molecule has 0 saturated heterocycles. The molecule has 9 N–H and O–H groups in total. The summed E-state index contributed by atoms with van der Waals surface area (Å²) < 4.78 is 22.2. The van der Waals surface area contributed by atoms with Crippen LogP contribution in [0.15, 0.2) is 0 Å². The molecule has 21 heavy (non-hydrogen) atoms. The van der Waals surface area contributed by atoms with Gasteiger partial charge in [0.15, 0.2) is 5.78 Å². The van der Waals surface area contributed by atoms with Crippen molar-refractivity contribution >= 4 is 21.4 Å². The van der Waals surface area contributed by atoms with Crippen LogP contribution in [0.5, 0.6) is 0 Å². The number of aliphatic hydroxyl groups is 5. The van der Waals surface area contributed by atoms with Crippen LogP contribution < -0.4 is 0 Å². The number of hydrogen-bond acceptors (Lipinski definition) is 9. The van der Waals surface area contributed by atoms with Crippen molar-refractivity contribution in [2.45, 2.75) is 18.3 Å². The Morgan fingerprint density at radius 2 is 1.33 bits per heavy atom. The second kappa shape index (κ2) is 9.69. The van der Waals surface area contributed by atoms with E-state index in [0.717, 1.165) is 0 Å². The lowest BCUT2D eigenvalue weighted by molar-refractivity contribution is -0.142. The highest BCUT2D eigenvalue weighted by Gasteiger charge is 2.29. The number of ketones is 1. The fourth-order valence-corrected chi connectivity index (χ4v) is 1.85. The molecule has 0 radical (unpaired) electrons. The van der Waals surface area contributed by atoms with Gasteiger partial charge < -0.3 is 45.1 Å². The zero-order valence-corrected chi connectivity index (χ0v) is 12.0. The van der Waals surface area contributed by atoms with Crippen molar-refractivity contribution in [2.75, 3.05) is 13.2 Å². The quantitative estimate of drug-likeness (QED) is 0.196. The van der Waals surface area contributed by atoms with Gasteiger partial charge in [-0.05, 0) is 0 Å². The predicted octanol–water partition coefficient (Wildman–Crippen LogP) is -4.19. The molecule has 0 heterocycles. The van der Waals surface area contributed by atoms with Crippen LogP contribution in [0.2, 0.25) is 0 Å². The van der Waals surface area contributed by atoms with Crippen LogP contribution >= 0.6 is 15.6 Å². The Balaban J connectivity index is 0. The minimum atomic E-state index is -5.05. The van der Waals surface area contributed by atoms with Gasteiger partial charge in [-0.25, -0.2) is 9.13 Å². The van der Waals surface area contributed by atoms with E-state index < -0.39 is 53.0 Å². The molecule has 0 bridgehead atoms. The summed E-state index contributed by atoms with van der Waals surface area (Å²) in [6, 6.07) is 0. The Kier molecular flexibility index (Phi) is 10.6. The number of rotatable bonds is 7. The summed E-state index contributed by atoms with van der Waals surface area (Å²) in [7, 11) is -10.1. The molecule has 0 aromatic carbocycles. The maximum absolute atomic E-state index is 10.5. The van der Waals surface area contributed by atoms with Crippen LogP contribution in [0.4, 0.5) is 0 Å². The van der Waals surface area contributed by atoms with Crippen LogP contribution in [-0.4, -0.2) is 82.4 Å². The molecular formula is C6H16O13P2. The third-order valence-electron chi connectivity index (χ3n) is 1.60. The fraction of sp³-hybridized carbons (Fsp3) is 0.833. The first-order valence-electron chi connectivity index (χ1n) is 4.86. The molecule has 0 aliphatic heterocycles. The number of carbonyl (C=O) groups is 1. The molecule has 0 aromatic heterocycles. The molecule has 0 rings (SSSR count). The molecular weight excluding hydrogens is 342 g/mol. The summed E-state index contributed by atoms with van der Waals surface area (Å²) in [5.74, 6) is -1.00. The van der Waals surface area contributed by atoms with Gasteiger partial charge in [0.05, 0.1) is 6.61 Å². The number of carbonyl (C=O) groups excluding carboxylic acids is 1. The Morgan fingerprint density at radius 1 is 0.952 bits per heavy atom. The monoisotopic (exact) mass is 358 g/mol. The first kappa shape index (κ1) is 23.0. The van der Waals surface area contributed by atoms with E-state index in [4.69, 9.17) is 45.1 Å². The van der Waals surface area contributed by atoms with Gasteiger partial charge in [0.2, 0.25) is 0 Å². The van der Waals surface area contributed by atoms with Crippen molar-refractivity contribution in [2.24, 2.45) is 0 Å². The molecule has 3 atom stereocenters. The zero-order chi connectivity index (χ0) is 17.4. The minimum Gasteiger partial charge on any atom is -0.394 e. The summed E-state index contributed by atoms with van der Waals surface area (Å²) in [5, 5.41) is 43.1. The lowest BCUT2D eigenvalue weighted by atomic mass is 10.1. The molecule has 0 unspecified atom stereocenters. The smallest absolute Gasteiger partial charge is 0.394 e. The molecule has 0 saturated carbocycles. The Morgan fingerprint density at radius 3 is 1.52 bits per heavy atom. The van der Waals surface area contributed by atoms with Gasteiger partial charge in [-0.2, -0.15) is 4.31 Å². The highest BCUT2D eigenvalue weighted by atomic mass is 31.3. The second-order valence-electron chi connectivity index (χ2n) is 3.37. The SMILES string of the molecule is O=C(CO)[C@H](O)[C@H](O)[C@H](O)CO.O=P(O)(O)OP(=O)(O)O. The third-order valence-corrected chi connectivity index (χ3v) is 3.31. The minimum absolute atomic E-state index is 0.767. The molecule has 0 aromatic rings. The first-order chi connectivity index (χ1) is 9.25. The van der Waals surface area contributed by atoms with Gasteiger partial charge in [0.25, 0.3) is 0 Å². The number of hydrogen-bond donors (Lipinski definition) is 9. The van der Waals surface area contributed by atoms with Gasteiger partial charge in [-0.1, -0.05) is 0 Å². The Labute approximate surface area is 117 Å². The van der Waals surface area contributed by atoms with Gasteiger partial charge in [-0.15, -0.1) is 0 Å². The van der Waals surface area contributed by atoms with E-state index in [1.807, 2.05) is 0 Å². The zero-order valence-electron chi connectivity index (χ0n) is 10.2. The van der Waals surface area contributed by atoms with Crippen LogP contribution in [0.1, 0.15) is 0 Å². The van der Waals surface area contributed by atoms with Crippen molar-refractivity contribution in [3.05, 3.63) is 0 Å². The van der Waals surface area contributed by atoms with E-state index >= 15 is 0 Å². The van der Waals surface area contributed by atoms with Crippen molar-refractivity contribution in [1.82, 2.24) is 0 Å². The Bertz CT molecular complexity index is 377. The first-order valence-corrected chi connectivity index (χ1v) is 7.92. The lowest BCUT2D eigenvalue weighted by Crippen LogP contribution is -2.44. The maximum atomic E-state index is 10.5. The van der Waals surface area contributed by atoms with Crippen molar-refractivity contribution in [1.29, 1.82) is 0 Å². The lowest BCUT2D eigenvalue weighted by Gasteiger charge is -2.19. The third kappa shape index (κ3) is 13.1. The Hall–Kier alpha value is -0.270. The van der Waals surface area contributed by atoms with Gasteiger partial charge in [0.1, 0.15) is 24.9 Å². The number of Topliss-reactive ketones (excluding diaryl/α,β-unsaturated/α-hetero) is 1. The largest absolute Gasteiger partial charge is 0.478 e. The molecule has 13 nitrogen and oxygen atoms in total. The average Bonchev–Trinajstić information content (AvgIpc) is 2.31. The van der Waals surface area contributed by atoms with Crippen molar-refractivity contribution in [3.8, 4) is 0 Å². The standard InChI is InChI=1S/C6H12O6.H4O7P2/c7-1-3(9)5(11)6(12)4(10)2-8;1-8(2,3)7-9(4,5)6/h3,5-9,11-12H,1-2H2;(H2,1,2,3)(H2,4,5,6)/t3-,5-,6+;/m1./s1. The van der Waals surface area contributed by atoms with Gasteiger partial charge in [-0.3, -0.25) is 4.79 Å². The van der Waals surface area contributed by atoms with Crippen molar-refractivity contribution < 1.29 is 63.3 Å². The van der Waals surface area contributed by atoms with E-state index in [1.165, 1.54) is 0 Å². The number of phosphoric acid groups is 2. The van der Waals surface area contributed by atoms with E-state index in [0.29, 0.717) is 0 Å². The normalized spacial score (nSPS) is 16.4. The number of aliphatic hydroxyl groups excluding tert-OH is 5. The summed E-state index contributed by atoms with van der Waals surface area (Å²) in [5.41, 5.74) is 0. The molecule has 128 valence electrons. The average molecular weight is 358 g/mol. The van der Waals surface area contributed by atoms with E-state index in [-0.39, 0.29) is 0 Å². The topological polar surface area (TPSA) is 243 Å². The van der Waals surface area contributed by atoms with Crippen molar-refractivity contribution in [3.63, 3.8) is 0 Å². The fourth-order valence-electron chi connectivity index (χ4n) is 0.741. The van der Waals surface area contributed by atoms with Crippen LogP contribution in [0.3, 0.4) is 0 Å². The van der Waals surface area contributed by atoms with Crippen LogP contribution in [-0.2, 0) is 18.2 Å². The maximum Gasteiger partial charge on any atom is 0.478 e. The summed E-state index contributed by atoms with van der Waals surface area (Å²) in [4.78, 5) is 41.5. The van der Waals surface area contributed by atoms with E-state index in [1.54, 1.807) is 0 Å². The molecule has 0 aliphatic rings. The molecule has 0 aliphatic carbocycles. The molecule has 0 amide bonds.